The van der Waals surface area contributed by atoms with Crippen LogP contribution in [-0.2, 0) is 0 Å². The molecule has 1 aliphatic carbocycles. The van der Waals surface area contributed by atoms with Crippen molar-refractivity contribution < 1.29 is 5.11 Å². The topological polar surface area (TPSA) is 35.5 Å². The number of hydrogen-bond donors (Lipinski definition) is 2. The van der Waals surface area contributed by atoms with Gasteiger partial charge in [0.2, 0.25) is 0 Å². The van der Waals surface area contributed by atoms with Crippen LogP contribution >= 0.6 is 0 Å². The number of hydrogen-bond acceptors (Lipinski definition) is 3. The van der Waals surface area contributed by atoms with E-state index in [2.05, 4.69) is 38.0 Å². The summed E-state index contributed by atoms with van der Waals surface area (Å²) in [6, 6.07) is 0.617. The molecule has 2 N–H and O–H groups in total. The van der Waals surface area contributed by atoms with Crippen molar-refractivity contribution in [3.05, 3.63) is 0 Å². The summed E-state index contributed by atoms with van der Waals surface area (Å²) in [5.74, 6) is 1.56. The predicted molar refractivity (Wildman–Crippen MR) is 84.8 cm³/mol. The molecule has 20 heavy (non-hydrogen) atoms. The zero-order valence-electron chi connectivity index (χ0n) is 13.9. The first kappa shape index (κ1) is 16.3. The second kappa shape index (κ2) is 6.76. The fraction of sp³-hybridized carbons (Fsp3) is 1.00. The van der Waals surface area contributed by atoms with Gasteiger partial charge >= 0.3 is 0 Å². The lowest BCUT2D eigenvalue weighted by atomic mass is 9.80. The fourth-order valence-corrected chi connectivity index (χ4v) is 3.46. The van der Waals surface area contributed by atoms with Crippen molar-refractivity contribution in [2.24, 2.45) is 17.3 Å². The van der Waals surface area contributed by atoms with Crippen LogP contribution in [0.4, 0.5) is 0 Å². The summed E-state index contributed by atoms with van der Waals surface area (Å²) in [6.07, 6.45) is 6.24. The van der Waals surface area contributed by atoms with Gasteiger partial charge in [0.15, 0.2) is 0 Å². The minimum absolute atomic E-state index is 0.00484. The van der Waals surface area contributed by atoms with E-state index >= 15 is 0 Å². The zero-order valence-corrected chi connectivity index (χ0v) is 13.9. The first-order chi connectivity index (χ1) is 9.34. The molecule has 0 spiro atoms. The van der Waals surface area contributed by atoms with Gasteiger partial charge in [-0.3, -0.25) is 0 Å². The van der Waals surface area contributed by atoms with E-state index in [1.165, 1.54) is 32.2 Å². The van der Waals surface area contributed by atoms with Crippen molar-refractivity contribution in [1.29, 1.82) is 0 Å². The van der Waals surface area contributed by atoms with Crippen LogP contribution in [-0.4, -0.2) is 48.8 Å². The molecule has 0 amide bonds. The second-order valence-electron chi connectivity index (χ2n) is 8.34. The number of aliphatic hydroxyl groups excluding tert-OH is 1. The third-order valence-electron chi connectivity index (χ3n) is 5.20. The van der Waals surface area contributed by atoms with Crippen LogP contribution in [0.25, 0.3) is 0 Å². The van der Waals surface area contributed by atoms with Gasteiger partial charge in [0.25, 0.3) is 0 Å². The molecule has 1 saturated heterocycles. The fourth-order valence-electron chi connectivity index (χ4n) is 3.46. The number of nitrogens with one attached hydrogen (secondary N) is 1. The van der Waals surface area contributed by atoms with Crippen LogP contribution in [0.5, 0.6) is 0 Å². The quantitative estimate of drug-likeness (QED) is 0.813. The number of likely N-dealkylation sites (tertiary alicyclic amines) is 1. The lowest BCUT2D eigenvalue weighted by molar-refractivity contribution is 0.0249. The average molecular weight is 282 g/mol. The minimum atomic E-state index is -0.189. The Morgan fingerprint density at radius 1 is 1.20 bits per heavy atom. The summed E-state index contributed by atoms with van der Waals surface area (Å²) >= 11 is 0. The first-order valence-electron chi connectivity index (χ1n) is 8.44. The van der Waals surface area contributed by atoms with E-state index in [4.69, 9.17) is 0 Å². The molecule has 0 bridgehead atoms. The monoisotopic (exact) mass is 282 g/mol. The molecule has 3 nitrogen and oxygen atoms in total. The molecule has 2 fully saturated rings. The van der Waals surface area contributed by atoms with Gasteiger partial charge in [0.05, 0.1) is 6.10 Å². The SMILES string of the molecule is CN1CC(CC(O)C(C)(C)C)CC(NCC2CCC2)C1. The van der Waals surface area contributed by atoms with E-state index in [-0.39, 0.29) is 11.5 Å². The van der Waals surface area contributed by atoms with Gasteiger partial charge in [0, 0.05) is 19.1 Å². The first-order valence-corrected chi connectivity index (χ1v) is 8.44. The number of aliphatic hydroxyl groups is 1. The van der Waals surface area contributed by atoms with Crippen LogP contribution in [0.2, 0.25) is 0 Å². The summed E-state index contributed by atoms with van der Waals surface area (Å²) in [7, 11) is 2.22. The summed E-state index contributed by atoms with van der Waals surface area (Å²) in [5.41, 5.74) is 0.00484. The molecule has 0 radical (unpaired) electrons. The molecule has 2 rings (SSSR count). The normalized spacial score (nSPS) is 31.1. The van der Waals surface area contributed by atoms with Crippen LogP contribution in [0.1, 0.15) is 52.9 Å². The Labute approximate surface area is 125 Å². The van der Waals surface area contributed by atoms with Crippen LogP contribution in [0, 0.1) is 17.3 Å². The van der Waals surface area contributed by atoms with Gasteiger partial charge in [-0.25, -0.2) is 0 Å². The van der Waals surface area contributed by atoms with Crippen molar-refractivity contribution in [3.8, 4) is 0 Å². The van der Waals surface area contributed by atoms with Crippen molar-refractivity contribution in [2.75, 3.05) is 26.7 Å². The Morgan fingerprint density at radius 3 is 2.45 bits per heavy atom. The lowest BCUT2D eigenvalue weighted by Crippen LogP contribution is -2.50. The summed E-state index contributed by atoms with van der Waals surface area (Å²) in [4.78, 5) is 2.43. The van der Waals surface area contributed by atoms with E-state index < -0.39 is 0 Å². The Morgan fingerprint density at radius 2 is 1.90 bits per heavy atom. The summed E-state index contributed by atoms with van der Waals surface area (Å²) < 4.78 is 0. The van der Waals surface area contributed by atoms with Crippen LogP contribution in [0.15, 0.2) is 0 Å². The van der Waals surface area contributed by atoms with Gasteiger partial charge in [-0.05, 0) is 56.5 Å². The third-order valence-corrected chi connectivity index (χ3v) is 5.20. The highest BCUT2D eigenvalue weighted by molar-refractivity contribution is 4.86. The summed E-state index contributed by atoms with van der Waals surface area (Å²) in [5, 5.41) is 14.1. The highest BCUT2D eigenvalue weighted by Crippen LogP contribution is 2.29. The number of likely N-dealkylation sites (N-methyl/N-ethyl adjacent to an activating group) is 1. The minimum Gasteiger partial charge on any atom is -0.393 e. The Balaban J connectivity index is 1.77. The van der Waals surface area contributed by atoms with E-state index in [0.717, 1.165) is 25.4 Å². The smallest absolute Gasteiger partial charge is 0.0591 e. The maximum atomic E-state index is 10.3. The average Bonchev–Trinajstić information content (AvgIpc) is 2.24. The Kier molecular flexibility index (Phi) is 5.49. The molecule has 118 valence electrons. The van der Waals surface area contributed by atoms with Gasteiger partial charge in [0.1, 0.15) is 0 Å². The molecule has 3 unspecified atom stereocenters. The molecule has 1 heterocycles. The van der Waals surface area contributed by atoms with E-state index in [0.29, 0.717) is 12.0 Å². The van der Waals surface area contributed by atoms with Gasteiger partial charge in [-0.15, -0.1) is 0 Å². The number of rotatable bonds is 5. The van der Waals surface area contributed by atoms with Crippen LogP contribution < -0.4 is 5.32 Å². The van der Waals surface area contributed by atoms with Crippen molar-refractivity contribution in [2.45, 2.75) is 65.0 Å². The van der Waals surface area contributed by atoms with E-state index in [1.54, 1.807) is 0 Å². The number of nitrogens with zero attached hydrogens (tertiary/aromatic N) is 1. The van der Waals surface area contributed by atoms with Gasteiger partial charge < -0.3 is 15.3 Å². The third kappa shape index (κ3) is 4.71. The maximum absolute atomic E-state index is 10.3. The number of piperidine rings is 1. The van der Waals surface area contributed by atoms with E-state index in [9.17, 15) is 5.11 Å². The maximum Gasteiger partial charge on any atom is 0.0591 e. The van der Waals surface area contributed by atoms with E-state index in [1.807, 2.05) is 0 Å². The molecule has 2 aliphatic rings. The molecule has 3 heteroatoms. The van der Waals surface area contributed by atoms with Gasteiger partial charge in [-0.2, -0.15) is 0 Å². The summed E-state index contributed by atoms with van der Waals surface area (Å²) in [6.45, 7) is 9.90. The molecule has 1 saturated carbocycles. The molecule has 0 aromatic rings. The predicted octanol–water partition coefficient (Wildman–Crippen LogP) is 2.49. The molecule has 1 aliphatic heterocycles. The highest BCUT2D eigenvalue weighted by atomic mass is 16.3. The van der Waals surface area contributed by atoms with Crippen molar-refractivity contribution >= 4 is 0 Å². The Bertz CT molecular complexity index is 296. The zero-order chi connectivity index (χ0) is 14.8. The van der Waals surface area contributed by atoms with Crippen molar-refractivity contribution in [1.82, 2.24) is 10.2 Å². The molecule has 0 aromatic heterocycles. The molecule has 3 atom stereocenters. The standard InChI is InChI=1S/C17H34N2O/c1-17(2,3)16(20)9-14-8-15(12-19(4)11-14)18-10-13-6-5-7-13/h13-16,18,20H,5-12H2,1-4H3. The molecule has 0 aromatic carbocycles. The highest BCUT2D eigenvalue weighted by Gasteiger charge is 2.31. The molecular formula is C17H34N2O. The molecular weight excluding hydrogens is 248 g/mol. The van der Waals surface area contributed by atoms with Crippen LogP contribution in [0.3, 0.4) is 0 Å². The van der Waals surface area contributed by atoms with Crippen molar-refractivity contribution in [3.63, 3.8) is 0 Å². The Hall–Kier alpha value is -0.120. The lowest BCUT2D eigenvalue weighted by Gasteiger charge is -2.39. The largest absolute Gasteiger partial charge is 0.393 e. The van der Waals surface area contributed by atoms with Gasteiger partial charge in [-0.1, -0.05) is 27.2 Å². The second-order valence-corrected chi connectivity index (χ2v) is 8.34.